The Morgan fingerprint density at radius 3 is 2.29 bits per heavy atom. The lowest BCUT2D eigenvalue weighted by atomic mass is 9.72. The Hall–Kier alpha value is -3.11. The van der Waals surface area contributed by atoms with Crippen molar-refractivity contribution in [2.24, 2.45) is 11.3 Å². The average molecular weight is 476 g/mol. The van der Waals surface area contributed by atoms with Crippen LogP contribution in [-0.4, -0.2) is 60.3 Å². The second kappa shape index (κ2) is 12.0. The molecular formula is C29H33NO5. The summed E-state index contributed by atoms with van der Waals surface area (Å²) in [6.07, 6.45) is 0.622. The minimum absolute atomic E-state index is 0.158. The number of ether oxygens (including phenoxy) is 1. The number of benzene rings is 2. The molecule has 0 amide bonds. The number of hydrogen-bond acceptors (Lipinski definition) is 6. The average Bonchev–Trinajstić information content (AvgIpc) is 2.87. The van der Waals surface area contributed by atoms with E-state index in [1.54, 1.807) is 31.2 Å². The van der Waals surface area contributed by atoms with Gasteiger partial charge in [-0.3, -0.25) is 14.5 Å². The maximum atomic E-state index is 12.9. The zero-order chi connectivity index (χ0) is 25.4. The van der Waals surface area contributed by atoms with Crippen LogP contribution in [0.5, 0.6) is 0 Å². The normalized spacial score (nSPS) is 18.6. The Labute approximate surface area is 207 Å². The summed E-state index contributed by atoms with van der Waals surface area (Å²) in [6.45, 7) is 8.30. The lowest BCUT2D eigenvalue weighted by Gasteiger charge is -2.31. The standard InChI is InChI=1S/C29H33NO5/c1-21-18-30(15-17-35-21)19-25-8-6-23(7-9-25)4-5-24-10-12-26(13-11-24)28(34)22(2)29(3,20-32)27(33)14-16-31/h6-13,20-22,31H,14-19H2,1-3H3/t21?,22?,29-/m1/s1. The first kappa shape index (κ1) is 26.5. The number of ketones is 2. The van der Waals surface area contributed by atoms with E-state index in [0.29, 0.717) is 11.8 Å². The zero-order valence-electron chi connectivity index (χ0n) is 20.6. The van der Waals surface area contributed by atoms with Gasteiger partial charge >= 0.3 is 0 Å². The molecule has 2 unspecified atom stereocenters. The SMILES string of the molecule is CC1CN(Cc2ccc(C#Cc3ccc(C(=O)C(C)[C@@](C)(C=O)C(=O)CCO)cc3)cc2)CCO1. The third-order valence-electron chi connectivity index (χ3n) is 6.68. The second-order valence-electron chi connectivity index (χ2n) is 9.32. The van der Waals surface area contributed by atoms with E-state index in [-0.39, 0.29) is 24.9 Å². The fourth-order valence-corrected chi connectivity index (χ4v) is 4.15. The summed E-state index contributed by atoms with van der Waals surface area (Å²) in [5.74, 6) is 4.69. The molecule has 0 aliphatic carbocycles. The van der Waals surface area contributed by atoms with Crippen LogP contribution in [0, 0.1) is 23.2 Å². The fourth-order valence-electron chi connectivity index (χ4n) is 4.15. The van der Waals surface area contributed by atoms with E-state index in [9.17, 15) is 14.4 Å². The molecule has 6 heteroatoms. The first-order chi connectivity index (χ1) is 16.8. The fraction of sp³-hybridized carbons (Fsp3) is 0.414. The van der Waals surface area contributed by atoms with E-state index in [1.807, 2.05) is 12.1 Å². The number of morpholine rings is 1. The van der Waals surface area contributed by atoms with Gasteiger partial charge in [0.05, 0.1) is 18.1 Å². The van der Waals surface area contributed by atoms with Crippen molar-refractivity contribution in [2.75, 3.05) is 26.3 Å². The Morgan fingerprint density at radius 2 is 1.74 bits per heavy atom. The van der Waals surface area contributed by atoms with Crippen molar-refractivity contribution in [3.05, 3.63) is 70.8 Å². The highest BCUT2D eigenvalue weighted by Crippen LogP contribution is 2.30. The van der Waals surface area contributed by atoms with Crippen molar-refractivity contribution in [1.29, 1.82) is 0 Å². The summed E-state index contributed by atoms with van der Waals surface area (Å²) in [5.41, 5.74) is 1.85. The van der Waals surface area contributed by atoms with Gasteiger partial charge in [-0.15, -0.1) is 0 Å². The van der Waals surface area contributed by atoms with Gasteiger partial charge in [0.15, 0.2) is 5.78 Å². The van der Waals surface area contributed by atoms with Gasteiger partial charge in [-0.25, -0.2) is 0 Å². The van der Waals surface area contributed by atoms with Crippen LogP contribution < -0.4 is 0 Å². The zero-order valence-corrected chi connectivity index (χ0v) is 20.6. The molecule has 3 atom stereocenters. The molecular weight excluding hydrogens is 442 g/mol. The van der Waals surface area contributed by atoms with Gasteiger partial charge in [0.1, 0.15) is 12.1 Å². The molecule has 0 radical (unpaired) electrons. The molecule has 35 heavy (non-hydrogen) atoms. The van der Waals surface area contributed by atoms with Crippen LogP contribution in [-0.2, 0) is 20.9 Å². The highest BCUT2D eigenvalue weighted by atomic mass is 16.5. The molecule has 6 nitrogen and oxygen atoms in total. The monoisotopic (exact) mass is 475 g/mol. The third kappa shape index (κ3) is 6.73. The smallest absolute Gasteiger partial charge is 0.167 e. The second-order valence-corrected chi connectivity index (χ2v) is 9.32. The van der Waals surface area contributed by atoms with Crippen LogP contribution in [0.2, 0.25) is 0 Å². The Kier molecular flexibility index (Phi) is 9.11. The number of Topliss-reactive ketones (excluding diaryl/α,β-unsaturated/α-hetero) is 2. The van der Waals surface area contributed by atoms with Crippen LogP contribution in [0.15, 0.2) is 48.5 Å². The number of hydrogen-bond donors (Lipinski definition) is 1. The summed E-state index contributed by atoms with van der Waals surface area (Å²) >= 11 is 0. The van der Waals surface area contributed by atoms with E-state index in [4.69, 9.17) is 9.84 Å². The van der Waals surface area contributed by atoms with Gasteiger partial charge in [-0.2, -0.15) is 0 Å². The molecule has 2 aromatic carbocycles. The maximum absolute atomic E-state index is 12.9. The lowest BCUT2D eigenvalue weighted by Crippen LogP contribution is -2.40. The Morgan fingerprint density at radius 1 is 1.14 bits per heavy atom. The highest BCUT2D eigenvalue weighted by molar-refractivity contribution is 6.07. The van der Waals surface area contributed by atoms with Crippen molar-refractivity contribution in [1.82, 2.24) is 4.90 Å². The van der Waals surface area contributed by atoms with Gasteiger partial charge in [0.2, 0.25) is 0 Å². The van der Waals surface area contributed by atoms with Crippen molar-refractivity contribution in [3.63, 3.8) is 0 Å². The Bertz CT molecular complexity index is 1100. The van der Waals surface area contributed by atoms with E-state index >= 15 is 0 Å². The number of aliphatic hydroxyl groups is 1. The van der Waals surface area contributed by atoms with Crippen LogP contribution >= 0.6 is 0 Å². The number of aliphatic hydroxyl groups excluding tert-OH is 1. The van der Waals surface area contributed by atoms with Crippen molar-refractivity contribution >= 4 is 17.9 Å². The van der Waals surface area contributed by atoms with E-state index in [2.05, 4.69) is 35.8 Å². The molecule has 1 saturated heterocycles. The topological polar surface area (TPSA) is 83.9 Å². The number of carbonyl (C=O) groups excluding carboxylic acids is 3. The molecule has 0 saturated carbocycles. The van der Waals surface area contributed by atoms with E-state index < -0.39 is 17.1 Å². The number of carbonyl (C=O) groups is 3. The number of rotatable bonds is 9. The van der Waals surface area contributed by atoms with Gasteiger partial charge in [0, 0.05) is 55.3 Å². The van der Waals surface area contributed by atoms with Crippen LogP contribution in [0.25, 0.3) is 0 Å². The van der Waals surface area contributed by atoms with Gasteiger partial charge in [-0.1, -0.05) is 43.0 Å². The maximum Gasteiger partial charge on any atom is 0.167 e. The largest absolute Gasteiger partial charge is 0.396 e. The van der Waals surface area contributed by atoms with Gasteiger partial charge in [-0.05, 0) is 43.7 Å². The van der Waals surface area contributed by atoms with Crippen LogP contribution in [0.4, 0.5) is 0 Å². The minimum atomic E-state index is -1.47. The summed E-state index contributed by atoms with van der Waals surface area (Å²) < 4.78 is 5.59. The van der Waals surface area contributed by atoms with E-state index in [0.717, 1.165) is 37.4 Å². The van der Waals surface area contributed by atoms with Gasteiger partial charge in [0.25, 0.3) is 0 Å². The molecule has 2 aromatic rings. The molecule has 1 fully saturated rings. The Balaban J connectivity index is 1.63. The third-order valence-corrected chi connectivity index (χ3v) is 6.68. The first-order valence-electron chi connectivity index (χ1n) is 12.0. The van der Waals surface area contributed by atoms with Crippen LogP contribution in [0.1, 0.15) is 54.2 Å². The molecule has 0 bridgehead atoms. The van der Waals surface area contributed by atoms with E-state index in [1.165, 1.54) is 12.5 Å². The van der Waals surface area contributed by atoms with Crippen molar-refractivity contribution in [2.45, 2.75) is 39.8 Å². The highest BCUT2D eigenvalue weighted by Gasteiger charge is 2.41. The number of nitrogens with zero attached hydrogens (tertiary/aromatic N) is 1. The van der Waals surface area contributed by atoms with Gasteiger partial charge < -0.3 is 14.6 Å². The molecule has 1 heterocycles. The number of aldehydes is 1. The van der Waals surface area contributed by atoms with Crippen LogP contribution in [0.3, 0.4) is 0 Å². The van der Waals surface area contributed by atoms with Crippen molar-refractivity contribution in [3.8, 4) is 11.8 Å². The molecule has 0 spiro atoms. The minimum Gasteiger partial charge on any atom is -0.396 e. The molecule has 1 aliphatic rings. The summed E-state index contributed by atoms with van der Waals surface area (Å²) in [5, 5.41) is 9.04. The summed E-state index contributed by atoms with van der Waals surface area (Å²) in [6, 6.07) is 15.0. The summed E-state index contributed by atoms with van der Waals surface area (Å²) in [4.78, 5) is 39.3. The lowest BCUT2D eigenvalue weighted by molar-refractivity contribution is -0.136. The molecule has 0 aromatic heterocycles. The molecule has 1 N–H and O–H groups in total. The molecule has 184 valence electrons. The summed E-state index contributed by atoms with van der Waals surface area (Å²) in [7, 11) is 0. The van der Waals surface area contributed by atoms with Crippen molar-refractivity contribution < 1.29 is 24.2 Å². The first-order valence-corrected chi connectivity index (χ1v) is 12.0. The predicted molar refractivity (Wildman–Crippen MR) is 134 cm³/mol. The molecule has 3 rings (SSSR count). The quantitative estimate of drug-likeness (QED) is 0.259. The predicted octanol–water partition coefficient (Wildman–Crippen LogP) is 3.28. The molecule has 1 aliphatic heterocycles.